The van der Waals surface area contributed by atoms with Crippen LogP contribution in [-0.4, -0.2) is 35.7 Å². The Morgan fingerprint density at radius 1 is 1.30 bits per heavy atom. The van der Waals surface area contributed by atoms with Gasteiger partial charge in [0.25, 0.3) is 0 Å². The molecule has 0 radical (unpaired) electrons. The third-order valence-corrected chi connectivity index (χ3v) is 4.31. The van der Waals surface area contributed by atoms with Crippen molar-refractivity contribution in [1.29, 1.82) is 0 Å². The van der Waals surface area contributed by atoms with Crippen LogP contribution in [-0.2, 0) is 6.54 Å². The number of nitrogens with two attached hydrogens (primary N) is 1. The Morgan fingerprint density at radius 3 is 2.80 bits per heavy atom. The largest absolute Gasteiger partial charge is 0.396 e. The Hall–Kier alpha value is -0.900. The summed E-state index contributed by atoms with van der Waals surface area (Å²) in [7, 11) is 0. The van der Waals surface area contributed by atoms with Crippen LogP contribution < -0.4 is 5.73 Å². The average molecular weight is 276 g/mol. The molecular formula is C17H28N2O. The second kappa shape index (κ2) is 7.21. The Bertz CT molecular complexity index is 433. The fraction of sp³-hybridized carbons (Fsp3) is 0.647. The summed E-state index contributed by atoms with van der Waals surface area (Å²) in [4.78, 5) is 2.48. The van der Waals surface area contributed by atoms with E-state index in [9.17, 15) is 0 Å². The van der Waals surface area contributed by atoms with Crippen LogP contribution in [0, 0.1) is 19.8 Å². The maximum atomic E-state index is 8.98. The van der Waals surface area contributed by atoms with Crippen LogP contribution in [0.2, 0.25) is 0 Å². The fourth-order valence-corrected chi connectivity index (χ4v) is 3.33. The van der Waals surface area contributed by atoms with E-state index in [1.54, 1.807) is 0 Å². The smallest absolute Gasteiger partial charge is 0.0431 e. The van der Waals surface area contributed by atoms with Crippen LogP contribution in [0.5, 0.6) is 0 Å². The van der Waals surface area contributed by atoms with E-state index in [4.69, 9.17) is 10.8 Å². The summed E-state index contributed by atoms with van der Waals surface area (Å²) in [5.74, 6) is 0.636. The molecule has 1 aliphatic rings. The Balaban J connectivity index is 1.97. The monoisotopic (exact) mass is 276 g/mol. The van der Waals surface area contributed by atoms with Gasteiger partial charge < -0.3 is 10.8 Å². The molecule has 20 heavy (non-hydrogen) atoms. The van der Waals surface area contributed by atoms with E-state index in [1.807, 2.05) is 0 Å². The van der Waals surface area contributed by atoms with E-state index in [2.05, 4.69) is 36.9 Å². The summed E-state index contributed by atoms with van der Waals surface area (Å²) in [6, 6.07) is 6.96. The third-order valence-electron chi connectivity index (χ3n) is 4.31. The summed E-state index contributed by atoms with van der Waals surface area (Å²) in [6.45, 7) is 7.72. The lowest BCUT2D eigenvalue weighted by atomic mass is 9.90. The van der Waals surface area contributed by atoms with Crippen LogP contribution in [0.25, 0.3) is 0 Å². The zero-order valence-electron chi connectivity index (χ0n) is 12.8. The van der Waals surface area contributed by atoms with Gasteiger partial charge in [-0.25, -0.2) is 0 Å². The second-order valence-electron chi connectivity index (χ2n) is 6.35. The van der Waals surface area contributed by atoms with Crippen molar-refractivity contribution < 1.29 is 5.11 Å². The molecule has 1 aliphatic heterocycles. The average Bonchev–Trinajstić information content (AvgIpc) is 2.39. The number of likely N-dealkylation sites (tertiary alicyclic amines) is 1. The van der Waals surface area contributed by atoms with Gasteiger partial charge in [-0.3, -0.25) is 4.90 Å². The molecule has 0 saturated carbocycles. The van der Waals surface area contributed by atoms with Gasteiger partial charge in [0, 0.05) is 32.3 Å². The predicted molar refractivity (Wildman–Crippen MR) is 83.6 cm³/mol. The molecule has 2 unspecified atom stereocenters. The molecule has 0 aliphatic carbocycles. The van der Waals surface area contributed by atoms with Gasteiger partial charge >= 0.3 is 0 Å². The van der Waals surface area contributed by atoms with Gasteiger partial charge in [0.15, 0.2) is 0 Å². The van der Waals surface area contributed by atoms with Gasteiger partial charge in [-0.1, -0.05) is 23.8 Å². The lowest BCUT2D eigenvalue weighted by molar-refractivity contribution is 0.137. The van der Waals surface area contributed by atoms with Crippen molar-refractivity contribution in [2.45, 2.75) is 45.7 Å². The maximum absolute atomic E-state index is 8.98. The fourth-order valence-electron chi connectivity index (χ4n) is 3.33. The number of rotatable bonds is 5. The van der Waals surface area contributed by atoms with Crippen molar-refractivity contribution >= 4 is 0 Å². The van der Waals surface area contributed by atoms with Gasteiger partial charge in [0.1, 0.15) is 0 Å². The second-order valence-corrected chi connectivity index (χ2v) is 6.35. The van der Waals surface area contributed by atoms with Crippen LogP contribution in [0.4, 0.5) is 0 Å². The summed E-state index contributed by atoms with van der Waals surface area (Å²) in [5.41, 5.74) is 10.3. The highest BCUT2D eigenvalue weighted by Crippen LogP contribution is 2.23. The number of aliphatic hydroxyl groups is 1. The molecule has 3 N–H and O–H groups in total. The molecule has 1 aromatic carbocycles. The van der Waals surface area contributed by atoms with Crippen LogP contribution in [0.15, 0.2) is 18.2 Å². The Kier molecular flexibility index (Phi) is 5.58. The number of hydrogen-bond donors (Lipinski definition) is 2. The minimum absolute atomic E-state index is 0.276. The topological polar surface area (TPSA) is 49.5 Å². The molecule has 1 fully saturated rings. The molecular weight excluding hydrogens is 248 g/mol. The molecule has 3 nitrogen and oxygen atoms in total. The van der Waals surface area contributed by atoms with Crippen molar-refractivity contribution in [3.8, 4) is 0 Å². The van der Waals surface area contributed by atoms with E-state index in [-0.39, 0.29) is 6.04 Å². The van der Waals surface area contributed by atoms with Crippen molar-refractivity contribution in [3.63, 3.8) is 0 Å². The highest BCUT2D eigenvalue weighted by molar-refractivity contribution is 5.30. The molecule has 0 bridgehead atoms. The van der Waals surface area contributed by atoms with Crippen molar-refractivity contribution in [2.75, 3.05) is 19.7 Å². The molecule has 0 amide bonds. The lowest BCUT2D eigenvalue weighted by Crippen LogP contribution is -2.46. The number of aryl methyl sites for hydroxylation is 2. The number of hydrogen-bond acceptors (Lipinski definition) is 3. The van der Waals surface area contributed by atoms with E-state index in [1.165, 1.54) is 16.7 Å². The minimum Gasteiger partial charge on any atom is -0.396 e. The summed E-state index contributed by atoms with van der Waals surface area (Å²) in [6.07, 6.45) is 3.09. The van der Waals surface area contributed by atoms with Gasteiger partial charge in [-0.2, -0.15) is 0 Å². The third kappa shape index (κ3) is 4.30. The summed E-state index contributed by atoms with van der Waals surface area (Å²) < 4.78 is 0. The molecule has 3 heteroatoms. The zero-order chi connectivity index (χ0) is 14.5. The first-order valence-corrected chi connectivity index (χ1v) is 7.73. The predicted octanol–water partition coefficient (Wildman–Crippen LogP) is 2.23. The van der Waals surface area contributed by atoms with Crippen molar-refractivity contribution in [3.05, 3.63) is 34.9 Å². The van der Waals surface area contributed by atoms with Crippen LogP contribution in [0.1, 0.15) is 36.0 Å². The molecule has 1 heterocycles. The van der Waals surface area contributed by atoms with E-state index in [0.717, 1.165) is 38.9 Å². The van der Waals surface area contributed by atoms with Gasteiger partial charge in [-0.15, -0.1) is 0 Å². The molecule has 2 rings (SSSR count). The summed E-state index contributed by atoms with van der Waals surface area (Å²) in [5, 5.41) is 8.98. The first-order valence-electron chi connectivity index (χ1n) is 7.73. The number of piperidine rings is 1. The first-order chi connectivity index (χ1) is 9.58. The van der Waals surface area contributed by atoms with E-state index in [0.29, 0.717) is 12.5 Å². The highest BCUT2D eigenvalue weighted by atomic mass is 16.2. The molecule has 1 aromatic rings. The SMILES string of the molecule is Cc1ccc(CN2CC(N)CC(CCCO)C2)c(C)c1. The zero-order valence-corrected chi connectivity index (χ0v) is 12.8. The molecule has 1 saturated heterocycles. The highest BCUT2D eigenvalue weighted by Gasteiger charge is 2.24. The number of aliphatic hydroxyl groups excluding tert-OH is 1. The Labute approximate surface area is 122 Å². The molecule has 112 valence electrons. The van der Waals surface area contributed by atoms with Crippen molar-refractivity contribution in [1.82, 2.24) is 4.90 Å². The van der Waals surface area contributed by atoms with Crippen LogP contribution >= 0.6 is 0 Å². The first kappa shape index (κ1) is 15.5. The van der Waals surface area contributed by atoms with Gasteiger partial charge in [0.2, 0.25) is 0 Å². The minimum atomic E-state index is 0.276. The quantitative estimate of drug-likeness (QED) is 0.867. The van der Waals surface area contributed by atoms with Crippen LogP contribution in [0.3, 0.4) is 0 Å². The normalized spacial score (nSPS) is 24.0. The standard InChI is InChI=1S/C17H28N2O/c1-13-5-6-16(14(2)8-13)11-19-10-15(4-3-7-20)9-17(18)12-19/h5-6,8,15,17,20H,3-4,7,9-12,18H2,1-2H3. The van der Waals surface area contributed by atoms with Gasteiger partial charge in [-0.05, 0) is 50.2 Å². The van der Waals surface area contributed by atoms with Crippen molar-refractivity contribution in [2.24, 2.45) is 11.7 Å². The number of nitrogens with zero attached hydrogens (tertiary/aromatic N) is 1. The van der Waals surface area contributed by atoms with Gasteiger partial charge in [0.05, 0.1) is 0 Å². The van der Waals surface area contributed by atoms with E-state index < -0.39 is 0 Å². The molecule has 0 spiro atoms. The van der Waals surface area contributed by atoms with E-state index >= 15 is 0 Å². The maximum Gasteiger partial charge on any atom is 0.0431 e. The molecule has 0 aromatic heterocycles. The summed E-state index contributed by atoms with van der Waals surface area (Å²) >= 11 is 0. The molecule has 2 atom stereocenters. The Morgan fingerprint density at radius 2 is 2.10 bits per heavy atom. The lowest BCUT2D eigenvalue weighted by Gasteiger charge is -2.36. The number of benzene rings is 1.